The standard InChI is InChI=1S/C15H22F2N2/c1-3-5-12-8-18-11(2)9-19(12)10-13-14(16)6-4-7-15(13)17/h4,6-7,11-12,18H,3,5,8-10H2,1-2H3. The van der Waals surface area contributed by atoms with Crippen molar-refractivity contribution in [2.75, 3.05) is 13.1 Å². The van der Waals surface area contributed by atoms with Crippen LogP contribution in [0, 0.1) is 11.6 Å². The van der Waals surface area contributed by atoms with Crippen LogP contribution < -0.4 is 5.32 Å². The van der Waals surface area contributed by atoms with E-state index in [2.05, 4.69) is 24.1 Å². The third kappa shape index (κ3) is 3.51. The van der Waals surface area contributed by atoms with E-state index in [4.69, 9.17) is 0 Å². The summed E-state index contributed by atoms with van der Waals surface area (Å²) in [6.07, 6.45) is 2.13. The van der Waals surface area contributed by atoms with Gasteiger partial charge in [0.05, 0.1) is 0 Å². The van der Waals surface area contributed by atoms with Crippen LogP contribution in [-0.4, -0.2) is 30.1 Å². The first kappa shape index (κ1) is 14.4. The predicted octanol–water partition coefficient (Wildman–Crippen LogP) is 2.93. The monoisotopic (exact) mass is 268 g/mol. The molecule has 1 aromatic carbocycles. The first-order valence-corrected chi connectivity index (χ1v) is 7.02. The van der Waals surface area contributed by atoms with Crippen molar-refractivity contribution in [3.63, 3.8) is 0 Å². The molecule has 1 aliphatic heterocycles. The fraction of sp³-hybridized carbons (Fsp3) is 0.600. The molecular formula is C15H22F2N2. The smallest absolute Gasteiger partial charge is 0.130 e. The second kappa shape index (κ2) is 6.44. The summed E-state index contributed by atoms with van der Waals surface area (Å²) in [6, 6.07) is 4.80. The molecule has 1 saturated heterocycles. The van der Waals surface area contributed by atoms with Crippen LogP contribution in [0.4, 0.5) is 8.78 Å². The number of halogens is 2. The summed E-state index contributed by atoms with van der Waals surface area (Å²) >= 11 is 0. The minimum Gasteiger partial charge on any atom is -0.311 e. The normalized spacial score (nSPS) is 24.6. The lowest BCUT2D eigenvalue weighted by Crippen LogP contribution is -2.55. The Morgan fingerprint density at radius 3 is 2.63 bits per heavy atom. The number of nitrogens with zero attached hydrogens (tertiary/aromatic N) is 1. The highest BCUT2D eigenvalue weighted by atomic mass is 19.1. The summed E-state index contributed by atoms with van der Waals surface area (Å²) in [5.41, 5.74) is 0.192. The number of rotatable bonds is 4. The molecule has 19 heavy (non-hydrogen) atoms. The fourth-order valence-electron chi connectivity index (χ4n) is 2.73. The van der Waals surface area contributed by atoms with Gasteiger partial charge in [0.15, 0.2) is 0 Å². The summed E-state index contributed by atoms with van der Waals surface area (Å²) in [5, 5.41) is 3.43. The van der Waals surface area contributed by atoms with Crippen LogP contribution in [0.2, 0.25) is 0 Å². The van der Waals surface area contributed by atoms with Gasteiger partial charge in [-0.05, 0) is 25.5 Å². The summed E-state index contributed by atoms with van der Waals surface area (Å²) in [5.74, 6) is -0.886. The van der Waals surface area contributed by atoms with Gasteiger partial charge in [-0.3, -0.25) is 4.90 Å². The average Bonchev–Trinajstić information content (AvgIpc) is 2.37. The van der Waals surface area contributed by atoms with Gasteiger partial charge in [0, 0.05) is 37.3 Å². The summed E-state index contributed by atoms with van der Waals surface area (Å²) in [7, 11) is 0. The zero-order valence-electron chi connectivity index (χ0n) is 11.6. The Hall–Kier alpha value is -1.00. The van der Waals surface area contributed by atoms with E-state index in [9.17, 15) is 8.78 Å². The average molecular weight is 268 g/mol. The Morgan fingerprint density at radius 2 is 2.00 bits per heavy atom. The van der Waals surface area contributed by atoms with Crippen molar-refractivity contribution in [2.45, 2.75) is 45.3 Å². The summed E-state index contributed by atoms with van der Waals surface area (Å²) < 4.78 is 27.5. The highest BCUT2D eigenvalue weighted by Gasteiger charge is 2.26. The van der Waals surface area contributed by atoms with Gasteiger partial charge < -0.3 is 5.32 Å². The molecule has 0 radical (unpaired) electrons. The second-order valence-corrected chi connectivity index (χ2v) is 5.38. The Kier molecular flexibility index (Phi) is 4.88. The Bertz CT molecular complexity index is 402. The van der Waals surface area contributed by atoms with Gasteiger partial charge >= 0.3 is 0 Å². The lowest BCUT2D eigenvalue weighted by molar-refractivity contribution is 0.117. The van der Waals surface area contributed by atoms with Crippen LogP contribution in [0.5, 0.6) is 0 Å². The van der Waals surface area contributed by atoms with Gasteiger partial charge in [0.2, 0.25) is 0 Å². The van der Waals surface area contributed by atoms with Gasteiger partial charge in [-0.1, -0.05) is 19.4 Å². The van der Waals surface area contributed by atoms with E-state index in [1.807, 2.05) is 0 Å². The van der Waals surface area contributed by atoms with Crippen LogP contribution in [0.3, 0.4) is 0 Å². The minimum atomic E-state index is -0.443. The minimum absolute atomic E-state index is 0.192. The first-order valence-electron chi connectivity index (χ1n) is 7.02. The van der Waals surface area contributed by atoms with Crippen molar-refractivity contribution >= 4 is 0 Å². The molecule has 1 aromatic rings. The van der Waals surface area contributed by atoms with Gasteiger partial charge in [0.25, 0.3) is 0 Å². The van der Waals surface area contributed by atoms with Gasteiger partial charge in [-0.2, -0.15) is 0 Å². The molecule has 0 spiro atoms. The Morgan fingerprint density at radius 1 is 1.32 bits per heavy atom. The number of nitrogens with one attached hydrogen (secondary N) is 1. The van der Waals surface area contributed by atoms with Crippen molar-refractivity contribution in [1.29, 1.82) is 0 Å². The molecule has 0 amide bonds. The molecule has 1 N–H and O–H groups in total. The number of hydrogen-bond donors (Lipinski definition) is 1. The summed E-state index contributed by atoms with van der Waals surface area (Å²) in [4.78, 5) is 2.20. The topological polar surface area (TPSA) is 15.3 Å². The quantitative estimate of drug-likeness (QED) is 0.903. The maximum absolute atomic E-state index is 13.7. The predicted molar refractivity (Wildman–Crippen MR) is 72.9 cm³/mol. The highest BCUT2D eigenvalue weighted by Crippen LogP contribution is 2.20. The van der Waals surface area contributed by atoms with Crippen LogP contribution >= 0.6 is 0 Å². The molecule has 2 atom stereocenters. The van der Waals surface area contributed by atoms with Crippen molar-refractivity contribution in [2.24, 2.45) is 0 Å². The highest BCUT2D eigenvalue weighted by molar-refractivity contribution is 5.19. The zero-order chi connectivity index (χ0) is 13.8. The Labute approximate surface area is 113 Å². The van der Waals surface area contributed by atoms with Crippen molar-refractivity contribution in [1.82, 2.24) is 10.2 Å². The lowest BCUT2D eigenvalue weighted by Gasteiger charge is -2.39. The van der Waals surface area contributed by atoms with E-state index in [-0.39, 0.29) is 5.56 Å². The number of benzene rings is 1. The van der Waals surface area contributed by atoms with Crippen molar-refractivity contribution < 1.29 is 8.78 Å². The van der Waals surface area contributed by atoms with E-state index >= 15 is 0 Å². The molecular weight excluding hydrogens is 246 g/mol. The van der Waals surface area contributed by atoms with E-state index in [0.29, 0.717) is 18.6 Å². The van der Waals surface area contributed by atoms with Crippen LogP contribution in [-0.2, 0) is 6.54 Å². The largest absolute Gasteiger partial charge is 0.311 e. The molecule has 2 nitrogen and oxygen atoms in total. The molecule has 1 aliphatic rings. The van der Waals surface area contributed by atoms with Crippen LogP contribution in [0.15, 0.2) is 18.2 Å². The van der Waals surface area contributed by atoms with Crippen LogP contribution in [0.1, 0.15) is 32.3 Å². The molecule has 0 saturated carbocycles. The Balaban J connectivity index is 2.14. The molecule has 0 bridgehead atoms. The molecule has 4 heteroatoms. The SMILES string of the molecule is CCCC1CNC(C)CN1Cc1c(F)cccc1F. The van der Waals surface area contributed by atoms with E-state index in [0.717, 1.165) is 25.9 Å². The fourth-order valence-corrected chi connectivity index (χ4v) is 2.73. The molecule has 106 valence electrons. The molecule has 1 fully saturated rings. The summed E-state index contributed by atoms with van der Waals surface area (Å²) in [6.45, 7) is 6.32. The van der Waals surface area contributed by atoms with Gasteiger partial charge in [0.1, 0.15) is 11.6 Å². The maximum Gasteiger partial charge on any atom is 0.130 e. The number of piperazine rings is 1. The molecule has 0 aromatic heterocycles. The van der Waals surface area contributed by atoms with Crippen LogP contribution in [0.25, 0.3) is 0 Å². The van der Waals surface area contributed by atoms with E-state index in [1.54, 1.807) is 0 Å². The molecule has 2 unspecified atom stereocenters. The maximum atomic E-state index is 13.7. The third-order valence-electron chi connectivity index (χ3n) is 3.77. The van der Waals surface area contributed by atoms with Gasteiger partial charge in [-0.25, -0.2) is 8.78 Å². The van der Waals surface area contributed by atoms with Gasteiger partial charge in [-0.15, -0.1) is 0 Å². The lowest BCUT2D eigenvalue weighted by atomic mass is 10.0. The van der Waals surface area contributed by atoms with E-state index < -0.39 is 11.6 Å². The zero-order valence-corrected chi connectivity index (χ0v) is 11.6. The third-order valence-corrected chi connectivity index (χ3v) is 3.77. The number of hydrogen-bond acceptors (Lipinski definition) is 2. The van der Waals surface area contributed by atoms with E-state index in [1.165, 1.54) is 18.2 Å². The molecule has 2 rings (SSSR count). The molecule has 0 aliphatic carbocycles. The van der Waals surface area contributed by atoms with Crippen molar-refractivity contribution in [3.8, 4) is 0 Å². The second-order valence-electron chi connectivity index (χ2n) is 5.38. The first-order chi connectivity index (χ1) is 9.11. The van der Waals surface area contributed by atoms with Crippen molar-refractivity contribution in [3.05, 3.63) is 35.4 Å². The molecule has 1 heterocycles.